The van der Waals surface area contributed by atoms with Crippen molar-refractivity contribution in [2.75, 3.05) is 6.54 Å². The number of nitrogens with zero attached hydrogens (tertiary/aromatic N) is 2. The molecule has 6 heteroatoms. The molecule has 27 heavy (non-hydrogen) atoms. The van der Waals surface area contributed by atoms with Crippen molar-refractivity contribution in [1.82, 2.24) is 20.4 Å². The number of benzene rings is 1. The van der Waals surface area contributed by atoms with Crippen molar-refractivity contribution in [3.8, 4) is 0 Å². The summed E-state index contributed by atoms with van der Waals surface area (Å²) in [5.41, 5.74) is 3.82. The van der Waals surface area contributed by atoms with E-state index < -0.39 is 0 Å². The third-order valence-electron chi connectivity index (χ3n) is 5.76. The number of ether oxygens (including phenoxy) is 1. The summed E-state index contributed by atoms with van der Waals surface area (Å²) in [6, 6.07) is 8.50. The number of amides is 2. The maximum atomic E-state index is 12.4. The van der Waals surface area contributed by atoms with Crippen molar-refractivity contribution in [3.05, 3.63) is 53.3 Å². The minimum atomic E-state index is -0.0828. The van der Waals surface area contributed by atoms with E-state index in [-0.39, 0.29) is 18.2 Å². The fraction of sp³-hybridized carbons (Fsp3) is 0.524. The highest BCUT2D eigenvalue weighted by Crippen LogP contribution is 2.28. The molecule has 0 bridgehead atoms. The molecule has 1 saturated carbocycles. The van der Waals surface area contributed by atoms with Gasteiger partial charge in [0.15, 0.2) is 0 Å². The molecule has 6 nitrogen and oxygen atoms in total. The molecule has 1 aromatic heterocycles. The van der Waals surface area contributed by atoms with E-state index in [1.807, 2.05) is 24.0 Å². The Morgan fingerprint density at radius 2 is 2.15 bits per heavy atom. The number of nitrogens with one attached hydrogen (secondary N) is 2. The molecule has 3 atom stereocenters. The van der Waals surface area contributed by atoms with Crippen LogP contribution in [0.2, 0.25) is 0 Å². The molecule has 2 heterocycles. The largest absolute Gasteiger partial charge is 0.371 e. The fourth-order valence-corrected chi connectivity index (χ4v) is 4.32. The molecule has 0 saturated heterocycles. The van der Waals surface area contributed by atoms with E-state index in [0.29, 0.717) is 19.1 Å². The van der Waals surface area contributed by atoms with Crippen molar-refractivity contribution < 1.29 is 9.53 Å². The maximum Gasteiger partial charge on any atom is 0.315 e. The first-order valence-electron chi connectivity index (χ1n) is 9.87. The Kier molecular flexibility index (Phi) is 5.43. The zero-order chi connectivity index (χ0) is 18.6. The van der Waals surface area contributed by atoms with Crippen molar-refractivity contribution in [2.24, 2.45) is 13.0 Å². The van der Waals surface area contributed by atoms with Gasteiger partial charge in [0, 0.05) is 32.3 Å². The van der Waals surface area contributed by atoms with E-state index in [4.69, 9.17) is 4.74 Å². The first-order valence-corrected chi connectivity index (χ1v) is 9.87. The van der Waals surface area contributed by atoms with Crippen molar-refractivity contribution in [3.63, 3.8) is 0 Å². The second-order valence-electron chi connectivity index (χ2n) is 7.78. The maximum absolute atomic E-state index is 12.4. The van der Waals surface area contributed by atoms with Gasteiger partial charge in [-0.2, -0.15) is 5.10 Å². The van der Waals surface area contributed by atoms with Crippen LogP contribution < -0.4 is 10.6 Å². The molecule has 2 unspecified atom stereocenters. The molecule has 4 rings (SSSR count). The molecule has 1 aliphatic carbocycles. The molecule has 1 aromatic carbocycles. The van der Waals surface area contributed by atoms with Crippen molar-refractivity contribution >= 4 is 6.03 Å². The highest BCUT2D eigenvalue weighted by atomic mass is 16.5. The monoisotopic (exact) mass is 368 g/mol. The van der Waals surface area contributed by atoms with E-state index >= 15 is 0 Å². The average molecular weight is 368 g/mol. The van der Waals surface area contributed by atoms with E-state index in [0.717, 1.165) is 25.7 Å². The summed E-state index contributed by atoms with van der Waals surface area (Å²) in [5.74, 6) is 0.484. The summed E-state index contributed by atoms with van der Waals surface area (Å²) in [6.07, 6.45) is 9.22. The molecule has 2 aliphatic rings. The molecule has 2 amide bonds. The van der Waals surface area contributed by atoms with Crippen LogP contribution in [0.5, 0.6) is 0 Å². The molecule has 0 radical (unpaired) electrons. The molecule has 2 aromatic rings. The smallest absolute Gasteiger partial charge is 0.315 e. The van der Waals surface area contributed by atoms with Crippen LogP contribution in [0, 0.1) is 5.92 Å². The topological polar surface area (TPSA) is 68.2 Å². The number of urea groups is 1. The van der Waals surface area contributed by atoms with Gasteiger partial charge in [-0.05, 0) is 41.9 Å². The number of fused-ring (bicyclic) bond motifs is 1. The van der Waals surface area contributed by atoms with Crippen LogP contribution in [0.4, 0.5) is 4.79 Å². The molecule has 1 aliphatic heterocycles. The Hall–Kier alpha value is -2.34. The summed E-state index contributed by atoms with van der Waals surface area (Å²) >= 11 is 0. The highest BCUT2D eigenvalue weighted by Gasteiger charge is 2.29. The summed E-state index contributed by atoms with van der Waals surface area (Å²) in [7, 11) is 1.94. The van der Waals surface area contributed by atoms with Gasteiger partial charge in [0.1, 0.15) is 0 Å². The lowest BCUT2D eigenvalue weighted by Gasteiger charge is -2.26. The summed E-state index contributed by atoms with van der Waals surface area (Å²) in [4.78, 5) is 12.4. The van der Waals surface area contributed by atoms with Crippen molar-refractivity contribution in [2.45, 2.75) is 50.9 Å². The number of hydrogen-bond acceptors (Lipinski definition) is 3. The quantitative estimate of drug-likeness (QED) is 0.852. The normalized spacial score (nSPS) is 24.4. The summed E-state index contributed by atoms with van der Waals surface area (Å²) < 4.78 is 7.71. The minimum Gasteiger partial charge on any atom is -0.371 e. The number of rotatable bonds is 5. The van der Waals surface area contributed by atoms with E-state index in [9.17, 15) is 4.79 Å². The van der Waals surface area contributed by atoms with Crippen LogP contribution in [0.1, 0.15) is 36.0 Å². The number of carbonyl (C=O) groups is 1. The van der Waals surface area contributed by atoms with E-state index in [1.165, 1.54) is 23.1 Å². The molecule has 144 valence electrons. The van der Waals surface area contributed by atoms with Gasteiger partial charge in [-0.25, -0.2) is 4.79 Å². The molecular formula is C21H28N4O2. The van der Waals surface area contributed by atoms with Gasteiger partial charge >= 0.3 is 6.03 Å². The van der Waals surface area contributed by atoms with Crippen LogP contribution in [-0.2, 0) is 31.2 Å². The van der Waals surface area contributed by atoms with Gasteiger partial charge in [-0.3, -0.25) is 4.68 Å². The van der Waals surface area contributed by atoms with Gasteiger partial charge in [0.05, 0.1) is 18.9 Å². The van der Waals surface area contributed by atoms with E-state index in [2.05, 4.69) is 40.1 Å². The Labute approximate surface area is 160 Å². The molecule has 0 spiro atoms. The number of aryl methyl sites for hydroxylation is 1. The van der Waals surface area contributed by atoms with Crippen molar-refractivity contribution in [1.29, 1.82) is 0 Å². The molecule has 1 fully saturated rings. The minimum absolute atomic E-state index is 0.0421. The predicted molar refractivity (Wildman–Crippen MR) is 103 cm³/mol. The fourth-order valence-electron chi connectivity index (χ4n) is 4.32. The number of aromatic nitrogens is 2. The third-order valence-corrected chi connectivity index (χ3v) is 5.76. The van der Waals surface area contributed by atoms with Crippen LogP contribution in [0.15, 0.2) is 36.7 Å². The second-order valence-corrected chi connectivity index (χ2v) is 7.78. The zero-order valence-corrected chi connectivity index (χ0v) is 15.9. The Morgan fingerprint density at radius 3 is 2.96 bits per heavy atom. The SMILES string of the molecule is Cn1cc(CC2CCCC2NC(=O)NC[C@@H]2Cc3ccccc3CO2)cn1. The third kappa shape index (κ3) is 4.50. The molecular weight excluding hydrogens is 340 g/mol. The predicted octanol–water partition coefficient (Wildman–Crippen LogP) is 2.57. The lowest BCUT2D eigenvalue weighted by Crippen LogP contribution is -2.47. The van der Waals surface area contributed by atoms with Gasteiger partial charge < -0.3 is 15.4 Å². The first-order chi connectivity index (χ1) is 13.2. The van der Waals surface area contributed by atoms with Crippen LogP contribution in [-0.4, -0.2) is 34.5 Å². The average Bonchev–Trinajstić information content (AvgIpc) is 3.29. The van der Waals surface area contributed by atoms with Crippen LogP contribution in [0.25, 0.3) is 0 Å². The number of carbonyl (C=O) groups excluding carboxylic acids is 1. The van der Waals surface area contributed by atoms with E-state index in [1.54, 1.807) is 0 Å². The van der Waals surface area contributed by atoms with Crippen LogP contribution >= 0.6 is 0 Å². The Bertz CT molecular complexity index is 788. The first kappa shape index (κ1) is 18.0. The van der Waals surface area contributed by atoms with Gasteiger partial charge in [0.25, 0.3) is 0 Å². The Balaban J connectivity index is 1.24. The summed E-state index contributed by atoms with van der Waals surface area (Å²) in [5, 5.41) is 10.4. The van der Waals surface area contributed by atoms with Gasteiger partial charge in [0.2, 0.25) is 0 Å². The molecule has 2 N–H and O–H groups in total. The second kappa shape index (κ2) is 8.13. The lowest BCUT2D eigenvalue weighted by molar-refractivity contribution is 0.0305. The summed E-state index contributed by atoms with van der Waals surface area (Å²) in [6.45, 7) is 1.17. The zero-order valence-electron chi connectivity index (χ0n) is 15.9. The standard InChI is InChI=1S/C21H28N4O2/c1-25-13-15(11-23-25)9-17-7-4-8-20(17)24-21(26)22-12-19-10-16-5-2-3-6-18(16)14-27-19/h2-3,5-6,11,13,17,19-20H,4,7-10,12,14H2,1H3,(H2,22,24,26)/t17?,19-,20?/m0/s1. The van der Waals surface area contributed by atoms with Gasteiger partial charge in [-0.15, -0.1) is 0 Å². The van der Waals surface area contributed by atoms with Crippen LogP contribution in [0.3, 0.4) is 0 Å². The Morgan fingerprint density at radius 1 is 1.30 bits per heavy atom. The number of hydrogen-bond donors (Lipinski definition) is 2. The lowest BCUT2D eigenvalue weighted by atomic mass is 9.96. The highest BCUT2D eigenvalue weighted by molar-refractivity contribution is 5.74. The van der Waals surface area contributed by atoms with Gasteiger partial charge in [-0.1, -0.05) is 30.7 Å².